The molecule has 0 fully saturated rings. The number of nitrogens with two attached hydrogens (primary N) is 1. The largest absolute Gasteiger partial charge is 0.329 e. The lowest BCUT2D eigenvalue weighted by Crippen LogP contribution is -2.38. The summed E-state index contributed by atoms with van der Waals surface area (Å²) in [5, 5.41) is 0. The van der Waals surface area contributed by atoms with Gasteiger partial charge < -0.3 is 5.73 Å². The average molecular weight is 251 g/mol. The Kier molecular flexibility index (Phi) is 4.63. The van der Waals surface area contributed by atoms with Crippen LogP contribution < -0.4 is 5.73 Å². The van der Waals surface area contributed by atoms with Crippen LogP contribution in [0.5, 0.6) is 0 Å². The Balaban J connectivity index is 3.34. The third-order valence-electron chi connectivity index (χ3n) is 3.88. The van der Waals surface area contributed by atoms with E-state index in [9.17, 15) is 9.18 Å². The molecule has 3 heteroatoms. The van der Waals surface area contributed by atoms with Gasteiger partial charge in [0.15, 0.2) is 5.78 Å². The van der Waals surface area contributed by atoms with E-state index in [1.807, 2.05) is 26.8 Å². The lowest BCUT2D eigenvalue weighted by Gasteiger charge is -2.29. The highest BCUT2D eigenvalue weighted by Gasteiger charge is 2.36. The number of benzene rings is 1. The smallest absolute Gasteiger partial charge is 0.173 e. The van der Waals surface area contributed by atoms with Crippen molar-refractivity contribution < 1.29 is 9.18 Å². The molecule has 100 valence electrons. The summed E-state index contributed by atoms with van der Waals surface area (Å²) in [4.78, 5) is 12.6. The predicted molar refractivity (Wildman–Crippen MR) is 72.3 cm³/mol. The highest BCUT2D eigenvalue weighted by Crippen LogP contribution is 2.32. The maximum Gasteiger partial charge on any atom is 0.173 e. The minimum absolute atomic E-state index is 0.162. The Labute approximate surface area is 108 Å². The number of halogens is 1. The molecule has 2 nitrogen and oxygen atoms in total. The standard InChI is InChI=1S/C15H22FNO/c1-5-15(6-2,9-17)14(18)13-11(4)7-10(3)8-12(13)16/h7-8H,5-6,9,17H2,1-4H3. The van der Waals surface area contributed by atoms with Crippen LogP contribution in [0.3, 0.4) is 0 Å². The van der Waals surface area contributed by atoms with E-state index in [-0.39, 0.29) is 17.9 Å². The maximum absolute atomic E-state index is 14.0. The van der Waals surface area contributed by atoms with Gasteiger partial charge in [-0.05, 0) is 43.9 Å². The van der Waals surface area contributed by atoms with Crippen molar-refractivity contribution in [1.29, 1.82) is 0 Å². The van der Waals surface area contributed by atoms with Gasteiger partial charge in [0.05, 0.1) is 5.56 Å². The van der Waals surface area contributed by atoms with Crippen molar-refractivity contribution in [2.45, 2.75) is 40.5 Å². The van der Waals surface area contributed by atoms with Gasteiger partial charge in [-0.3, -0.25) is 4.79 Å². The van der Waals surface area contributed by atoms with Gasteiger partial charge in [-0.2, -0.15) is 0 Å². The van der Waals surface area contributed by atoms with Gasteiger partial charge in [0.25, 0.3) is 0 Å². The van der Waals surface area contributed by atoms with Gasteiger partial charge in [-0.1, -0.05) is 19.9 Å². The fraction of sp³-hybridized carbons (Fsp3) is 0.533. The van der Waals surface area contributed by atoms with Crippen LogP contribution in [0.2, 0.25) is 0 Å². The molecule has 0 amide bonds. The third-order valence-corrected chi connectivity index (χ3v) is 3.88. The van der Waals surface area contributed by atoms with Crippen molar-refractivity contribution in [3.8, 4) is 0 Å². The lowest BCUT2D eigenvalue weighted by atomic mass is 9.75. The second-order valence-electron chi connectivity index (χ2n) is 4.96. The predicted octanol–water partition coefficient (Wildman–Crippen LogP) is 3.39. The van der Waals surface area contributed by atoms with Gasteiger partial charge in [0, 0.05) is 12.0 Å². The van der Waals surface area contributed by atoms with Crippen LogP contribution in [0.4, 0.5) is 4.39 Å². The second kappa shape index (κ2) is 5.61. The van der Waals surface area contributed by atoms with Crippen molar-refractivity contribution in [1.82, 2.24) is 0 Å². The topological polar surface area (TPSA) is 43.1 Å². The summed E-state index contributed by atoms with van der Waals surface area (Å²) in [6.45, 7) is 7.70. The van der Waals surface area contributed by atoms with Crippen LogP contribution in [0.25, 0.3) is 0 Å². The van der Waals surface area contributed by atoms with E-state index in [1.165, 1.54) is 6.07 Å². The molecule has 0 atom stereocenters. The molecule has 1 aromatic carbocycles. The number of hydrogen-bond acceptors (Lipinski definition) is 2. The summed E-state index contributed by atoms with van der Waals surface area (Å²) < 4.78 is 14.0. The molecule has 0 heterocycles. The SMILES string of the molecule is CCC(CC)(CN)C(=O)c1c(C)cc(C)cc1F. The van der Waals surface area contributed by atoms with E-state index >= 15 is 0 Å². The number of rotatable bonds is 5. The molecule has 0 saturated carbocycles. The van der Waals surface area contributed by atoms with Crippen LogP contribution in [0.1, 0.15) is 48.2 Å². The molecular weight excluding hydrogens is 229 g/mol. The monoisotopic (exact) mass is 251 g/mol. The van der Waals surface area contributed by atoms with Gasteiger partial charge in [-0.25, -0.2) is 4.39 Å². The van der Waals surface area contributed by atoms with E-state index in [0.29, 0.717) is 18.4 Å². The Hall–Kier alpha value is -1.22. The summed E-state index contributed by atoms with van der Waals surface area (Å²) in [5.41, 5.74) is 6.84. The summed E-state index contributed by atoms with van der Waals surface area (Å²) in [7, 11) is 0. The fourth-order valence-corrected chi connectivity index (χ4v) is 2.42. The van der Waals surface area contributed by atoms with Crippen molar-refractivity contribution >= 4 is 5.78 Å². The van der Waals surface area contributed by atoms with Crippen molar-refractivity contribution in [3.05, 3.63) is 34.6 Å². The molecule has 0 aliphatic carbocycles. The molecule has 0 aromatic heterocycles. The van der Waals surface area contributed by atoms with E-state index in [2.05, 4.69) is 0 Å². The average Bonchev–Trinajstić information content (AvgIpc) is 2.30. The maximum atomic E-state index is 14.0. The summed E-state index contributed by atoms with van der Waals surface area (Å²) in [6.07, 6.45) is 1.26. The fourth-order valence-electron chi connectivity index (χ4n) is 2.42. The van der Waals surface area contributed by atoms with E-state index in [4.69, 9.17) is 5.73 Å². The first kappa shape index (κ1) is 14.8. The van der Waals surface area contributed by atoms with Crippen molar-refractivity contribution in [2.24, 2.45) is 11.1 Å². The number of ketones is 1. The molecule has 0 unspecified atom stereocenters. The third kappa shape index (κ3) is 2.46. The number of hydrogen-bond donors (Lipinski definition) is 1. The normalized spacial score (nSPS) is 11.7. The zero-order valence-electron chi connectivity index (χ0n) is 11.6. The van der Waals surface area contributed by atoms with Crippen LogP contribution in [0.15, 0.2) is 12.1 Å². The van der Waals surface area contributed by atoms with E-state index in [1.54, 1.807) is 6.92 Å². The zero-order valence-corrected chi connectivity index (χ0v) is 11.6. The Morgan fingerprint density at radius 3 is 2.22 bits per heavy atom. The molecule has 2 N–H and O–H groups in total. The van der Waals surface area contributed by atoms with Crippen LogP contribution in [0, 0.1) is 25.1 Å². The minimum atomic E-state index is -0.638. The van der Waals surface area contributed by atoms with Gasteiger partial charge in [0.2, 0.25) is 0 Å². The summed E-state index contributed by atoms with van der Waals surface area (Å²) in [5.74, 6) is -0.595. The number of Topliss-reactive ketones (excluding diaryl/α,β-unsaturated/α-hetero) is 1. The molecule has 0 spiro atoms. The summed E-state index contributed by atoms with van der Waals surface area (Å²) >= 11 is 0. The lowest BCUT2D eigenvalue weighted by molar-refractivity contribution is 0.0782. The number of carbonyl (C=O) groups excluding carboxylic acids is 1. The molecule has 0 aliphatic rings. The van der Waals surface area contributed by atoms with Crippen LogP contribution >= 0.6 is 0 Å². The summed E-state index contributed by atoms with van der Waals surface area (Å²) in [6, 6.07) is 3.25. The molecular formula is C15H22FNO. The number of carbonyl (C=O) groups is 1. The van der Waals surface area contributed by atoms with Crippen LogP contribution in [-0.4, -0.2) is 12.3 Å². The van der Waals surface area contributed by atoms with Gasteiger partial charge >= 0.3 is 0 Å². The first-order valence-electron chi connectivity index (χ1n) is 6.43. The molecule has 1 aromatic rings. The zero-order chi connectivity index (χ0) is 13.9. The molecule has 0 radical (unpaired) electrons. The highest BCUT2D eigenvalue weighted by molar-refractivity contribution is 6.02. The van der Waals surface area contributed by atoms with Crippen molar-refractivity contribution in [2.75, 3.05) is 6.54 Å². The Morgan fingerprint density at radius 2 is 1.83 bits per heavy atom. The second-order valence-corrected chi connectivity index (χ2v) is 4.96. The van der Waals surface area contributed by atoms with Gasteiger partial charge in [-0.15, -0.1) is 0 Å². The quantitative estimate of drug-likeness (QED) is 0.815. The molecule has 18 heavy (non-hydrogen) atoms. The van der Waals surface area contributed by atoms with E-state index in [0.717, 1.165) is 5.56 Å². The molecule has 0 bridgehead atoms. The van der Waals surface area contributed by atoms with E-state index < -0.39 is 11.2 Å². The Morgan fingerprint density at radius 1 is 1.28 bits per heavy atom. The number of aryl methyl sites for hydroxylation is 2. The van der Waals surface area contributed by atoms with Crippen molar-refractivity contribution in [3.63, 3.8) is 0 Å². The highest BCUT2D eigenvalue weighted by atomic mass is 19.1. The molecule has 0 saturated heterocycles. The minimum Gasteiger partial charge on any atom is -0.329 e. The first-order chi connectivity index (χ1) is 8.41. The Bertz CT molecular complexity index is 419. The first-order valence-corrected chi connectivity index (χ1v) is 6.43. The van der Waals surface area contributed by atoms with Gasteiger partial charge in [0.1, 0.15) is 5.82 Å². The molecule has 1 rings (SSSR count). The van der Waals surface area contributed by atoms with Crippen LogP contribution in [-0.2, 0) is 0 Å². The molecule has 0 aliphatic heterocycles.